The molecule has 1 heterocycles. The lowest BCUT2D eigenvalue weighted by Gasteiger charge is -2.22. The number of halogens is 1. The first-order valence-corrected chi connectivity index (χ1v) is 8.13. The Hall–Kier alpha value is -2.03. The van der Waals surface area contributed by atoms with Crippen molar-refractivity contribution in [2.45, 2.75) is 12.6 Å². The molecule has 3 heteroatoms. The first kappa shape index (κ1) is 15.9. The number of hydrogen-bond acceptors (Lipinski definition) is 2. The highest BCUT2D eigenvalue weighted by Crippen LogP contribution is 2.21. The van der Waals surface area contributed by atoms with E-state index in [1.54, 1.807) is 0 Å². The van der Waals surface area contributed by atoms with Crippen LogP contribution in [0.5, 0.6) is 0 Å². The van der Waals surface area contributed by atoms with Gasteiger partial charge in [-0.1, -0.05) is 48.0 Å². The van der Waals surface area contributed by atoms with E-state index in [9.17, 15) is 0 Å². The van der Waals surface area contributed by atoms with Crippen molar-refractivity contribution in [3.63, 3.8) is 0 Å². The first-order chi connectivity index (χ1) is 11.1. The summed E-state index contributed by atoms with van der Waals surface area (Å²) >= 11 is 6.04. The van der Waals surface area contributed by atoms with Crippen molar-refractivity contribution in [1.82, 2.24) is 9.80 Å². The molecule has 0 N–H and O–H groups in total. The van der Waals surface area contributed by atoms with Crippen LogP contribution in [0.15, 0.2) is 84.3 Å². The molecule has 0 saturated carbocycles. The summed E-state index contributed by atoms with van der Waals surface area (Å²) in [5.74, 6) is 0. The monoisotopic (exact) mass is 324 g/mol. The largest absolute Gasteiger partial charge is 0.350 e. The van der Waals surface area contributed by atoms with E-state index in [0.717, 1.165) is 11.6 Å². The summed E-state index contributed by atoms with van der Waals surface area (Å²) in [4.78, 5) is 4.35. The lowest BCUT2D eigenvalue weighted by atomic mass is 9.99. The summed E-state index contributed by atoms with van der Waals surface area (Å²) in [6.07, 6.45) is 17.4. The molecule has 0 aromatic heterocycles. The molecule has 1 aliphatic carbocycles. The topological polar surface area (TPSA) is 6.48 Å². The van der Waals surface area contributed by atoms with Crippen LogP contribution in [0.1, 0.15) is 5.56 Å². The number of allylic oxidation sites excluding steroid dienone is 6. The molecule has 0 spiro atoms. The van der Waals surface area contributed by atoms with E-state index in [4.69, 9.17) is 11.6 Å². The number of rotatable bonds is 3. The highest BCUT2D eigenvalue weighted by Gasteiger charge is 2.10. The van der Waals surface area contributed by atoms with E-state index in [0.29, 0.717) is 6.04 Å². The zero-order valence-corrected chi connectivity index (χ0v) is 14.2. The van der Waals surface area contributed by atoms with Gasteiger partial charge in [0.25, 0.3) is 0 Å². The summed E-state index contributed by atoms with van der Waals surface area (Å²) in [6.45, 7) is 0.824. The Kier molecular flexibility index (Phi) is 4.85. The van der Waals surface area contributed by atoms with E-state index in [1.807, 2.05) is 18.2 Å². The molecule has 1 aromatic rings. The van der Waals surface area contributed by atoms with Gasteiger partial charge in [-0.2, -0.15) is 0 Å². The average Bonchev–Trinajstić information content (AvgIpc) is 2.56. The van der Waals surface area contributed by atoms with Gasteiger partial charge < -0.3 is 4.90 Å². The van der Waals surface area contributed by atoms with Crippen LogP contribution in [0.25, 0.3) is 0 Å². The van der Waals surface area contributed by atoms with Crippen LogP contribution in [-0.4, -0.2) is 29.9 Å². The summed E-state index contributed by atoms with van der Waals surface area (Å²) < 4.78 is 0. The number of nitrogens with zero attached hydrogens (tertiary/aromatic N) is 2. The quantitative estimate of drug-likeness (QED) is 0.805. The van der Waals surface area contributed by atoms with Gasteiger partial charge in [0, 0.05) is 30.0 Å². The Morgan fingerprint density at radius 1 is 1.00 bits per heavy atom. The van der Waals surface area contributed by atoms with Crippen molar-refractivity contribution >= 4 is 11.6 Å². The molecule has 23 heavy (non-hydrogen) atoms. The summed E-state index contributed by atoms with van der Waals surface area (Å²) in [5.41, 5.74) is 3.68. The van der Waals surface area contributed by atoms with Gasteiger partial charge in [0.2, 0.25) is 0 Å². The summed E-state index contributed by atoms with van der Waals surface area (Å²) in [7, 11) is 4.18. The first-order valence-electron chi connectivity index (χ1n) is 7.75. The third kappa shape index (κ3) is 4.04. The van der Waals surface area contributed by atoms with Crippen molar-refractivity contribution in [2.24, 2.45) is 0 Å². The van der Waals surface area contributed by atoms with E-state index >= 15 is 0 Å². The fourth-order valence-corrected chi connectivity index (χ4v) is 2.88. The maximum absolute atomic E-state index is 6.04. The summed E-state index contributed by atoms with van der Waals surface area (Å²) in [6, 6.07) is 8.37. The van der Waals surface area contributed by atoms with Gasteiger partial charge in [-0.3, -0.25) is 4.90 Å². The Balaban J connectivity index is 1.68. The van der Waals surface area contributed by atoms with Gasteiger partial charge in [0.15, 0.2) is 0 Å². The second-order valence-corrected chi connectivity index (χ2v) is 6.45. The second-order valence-electron chi connectivity index (χ2n) is 6.02. The van der Waals surface area contributed by atoms with Crippen LogP contribution in [0.3, 0.4) is 0 Å². The van der Waals surface area contributed by atoms with E-state index in [-0.39, 0.29) is 0 Å². The molecule has 0 radical (unpaired) electrons. The molecule has 2 aliphatic rings. The van der Waals surface area contributed by atoms with Gasteiger partial charge in [-0.05, 0) is 55.1 Å². The van der Waals surface area contributed by atoms with E-state index in [2.05, 4.69) is 78.8 Å². The normalized spacial score (nSPS) is 20.0. The Morgan fingerprint density at radius 2 is 1.65 bits per heavy atom. The fourth-order valence-electron chi connectivity index (χ4n) is 2.66. The molecule has 0 amide bonds. The molecule has 118 valence electrons. The van der Waals surface area contributed by atoms with Gasteiger partial charge in [0.1, 0.15) is 0 Å². The molecular formula is C20H21ClN2. The summed E-state index contributed by atoms with van der Waals surface area (Å²) in [5, 5.41) is 0.781. The zero-order chi connectivity index (χ0) is 16.2. The van der Waals surface area contributed by atoms with Crippen LogP contribution in [0, 0.1) is 0 Å². The smallest absolute Gasteiger partial charge is 0.0470 e. The Bertz CT molecular complexity index is 691. The highest BCUT2D eigenvalue weighted by atomic mass is 35.5. The van der Waals surface area contributed by atoms with Crippen molar-refractivity contribution in [3.8, 4) is 0 Å². The number of benzene rings is 1. The predicted molar refractivity (Wildman–Crippen MR) is 98.1 cm³/mol. The number of likely N-dealkylation sites (N-methyl/N-ethyl adjacent to an activating group) is 1. The maximum atomic E-state index is 6.04. The molecule has 0 unspecified atom stereocenters. The van der Waals surface area contributed by atoms with Crippen LogP contribution in [0.2, 0.25) is 5.02 Å². The van der Waals surface area contributed by atoms with E-state index < -0.39 is 0 Å². The van der Waals surface area contributed by atoms with Crippen LogP contribution >= 0.6 is 11.6 Å². The van der Waals surface area contributed by atoms with Crippen LogP contribution in [0.4, 0.5) is 0 Å². The van der Waals surface area contributed by atoms with Crippen LogP contribution < -0.4 is 0 Å². The molecule has 3 rings (SSSR count). The average molecular weight is 325 g/mol. The van der Waals surface area contributed by atoms with Gasteiger partial charge in [-0.15, -0.1) is 0 Å². The zero-order valence-electron chi connectivity index (χ0n) is 13.5. The molecular weight excluding hydrogens is 304 g/mol. The minimum Gasteiger partial charge on any atom is -0.350 e. The Morgan fingerprint density at radius 3 is 2.26 bits per heavy atom. The van der Waals surface area contributed by atoms with Crippen molar-refractivity contribution < 1.29 is 0 Å². The fraction of sp³-hybridized carbons (Fsp3) is 0.200. The van der Waals surface area contributed by atoms with Gasteiger partial charge in [-0.25, -0.2) is 0 Å². The minimum absolute atomic E-state index is 0.384. The standard InChI is InChI=1S/C20H21ClN2/c1-22(2)20-8-6-17(7-9-20)18-10-12-23(13-11-18)15-16-4-3-5-19(21)14-16/h3-14,20H,15H2,1-2H3. The molecule has 0 atom stereocenters. The molecule has 0 saturated heterocycles. The minimum atomic E-state index is 0.384. The van der Waals surface area contributed by atoms with Gasteiger partial charge in [0.05, 0.1) is 0 Å². The lowest BCUT2D eigenvalue weighted by Crippen LogP contribution is -2.24. The molecule has 2 nitrogen and oxygen atoms in total. The van der Waals surface area contributed by atoms with E-state index in [1.165, 1.54) is 16.7 Å². The SMILES string of the molecule is CN(C)C1C=CC(=C2C=CN(Cc3cccc(Cl)c3)C=C2)C=C1. The molecule has 1 aromatic carbocycles. The highest BCUT2D eigenvalue weighted by molar-refractivity contribution is 6.30. The second kappa shape index (κ2) is 7.03. The van der Waals surface area contributed by atoms with Crippen LogP contribution in [-0.2, 0) is 6.54 Å². The molecule has 1 aliphatic heterocycles. The Labute approximate surface area is 143 Å². The van der Waals surface area contributed by atoms with Crippen molar-refractivity contribution in [2.75, 3.05) is 14.1 Å². The molecule has 0 fully saturated rings. The maximum Gasteiger partial charge on any atom is 0.0470 e. The number of hydrogen-bond donors (Lipinski definition) is 0. The molecule has 0 bridgehead atoms. The third-order valence-corrected chi connectivity index (χ3v) is 4.26. The van der Waals surface area contributed by atoms with Crippen molar-refractivity contribution in [3.05, 3.63) is 94.9 Å². The third-order valence-electron chi connectivity index (χ3n) is 4.02. The lowest BCUT2D eigenvalue weighted by molar-refractivity contribution is 0.390. The van der Waals surface area contributed by atoms with Crippen molar-refractivity contribution in [1.29, 1.82) is 0 Å². The van der Waals surface area contributed by atoms with Gasteiger partial charge >= 0.3 is 0 Å². The predicted octanol–water partition coefficient (Wildman–Crippen LogP) is 4.54.